The molecule has 0 N–H and O–H groups in total. The van der Waals surface area contributed by atoms with E-state index in [1.54, 1.807) is 0 Å². The Kier molecular flexibility index (Phi) is 6.87. The van der Waals surface area contributed by atoms with Gasteiger partial charge in [0.2, 0.25) is 0 Å². The Morgan fingerprint density at radius 1 is 0.346 bits per heavy atom. The average Bonchev–Trinajstić information content (AvgIpc) is 3.73. The molecule has 2 heterocycles. The van der Waals surface area contributed by atoms with Gasteiger partial charge in [0.05, 0.1) is 39.4 Å². The van der Waals surface area contributed by atoms with Gasteiger partial charge >= 0.3 is 0 Å². The Morgan fingerprint density at radius 3 is 1.48 bits per heavy atom. The number of nitrogens with zero attached hydrogens (tertiary/aromatic N) is 3. The molecule has 8 aromatic carbocycles. The first kappa shape index (κ1) is 29.7. The van der Waals surface area contributed by atoms with Gasteiger partial charge in [-0.1, -0.05) is 133 Å². The van der Waals surface area contributed by atoms with Gasteiger partial charge in [-0.25, -0.2) is 0 Å². The zero-order valence-corrected chi connectivity index (χ0v) is 28.2. The highest BCUT2D eigenvalue weighted by molar-refractivity contribution is 6.11. The molecule has 0 atom stereocenters. The lowest BCUT2D eigenvalue weighted by atomic mass is 9.93. The summed E-state index contributed by atoms with van der Waals surface area (Å²) in [6.07, 6.45) is 0. The number of hydrogen-bond acceptors (Lipinski definition) is 1. The maximum Gasteiger partial charge on any atom is 0.0991 e. The highest BCUT2D eigenvalue weighted by atomic mass is 15.0. The van der Waals surface area contributed by atoms with Crippen LogP contribution in [-0.2, 0) is 0 Å². The molecule has 52 heavy (non-hydrogen) atoms. The zero-order valence-electron chi connectivity index (χ0n) is 28.2. The quantitative estimate of drug-likeness (QED) is 0.181. The van der Waals surface area contributed by atoms with Crippen LogP contribution in [0.5, 0.6) is 0 Å². The molecule has 0 unspecified atom stereocenters. The van der Waals surface area contributed by atoms with Crippen molar-refractivity contribution in [2.45, 2.75) is 0 Å². The molecule has 3 heteroatoms. The van der Waals surface area contributed by atoms with Crippen molar-refractivity contribution in [2.24, 2.45) is 0 Å². The molecular weight excluding hydrogens is 631 g/mol. The molecule has 0 aliphatic heterocycles. The van der Waals surface area contributed by atoms with Gasteiger partial charge in [0.1, 0.15) is 0 Å². The largest absolute Gasteiger partial charge is 0.309 e. The summed E-state index contributed by atoms with van der Waals surface area (Å²) in [6.45, 7) is 0. The predicted molar refractivity (Wildman–Crippen MR) is 216 cm³/mol. The first-order chi connectivity index (χ1) is 25.8. The lowest BCUT2D eigenvalue weighted by molar-refractivity contribution is 1.17. The first-order valence-electron chi connectivity index (χ1n) is 17.6. The normalized spacial score (nSPS) is 11.4. The molecule has 0 saturated carbocycles. The van der Waals surface area contributed by atoms with Crippen molar-refractivity contribution < 1.29 is 0 Å². The second-order valence-electron chi connectivity index (χ2n) is 13.3. The summed E-state index contributed by atoms with van der Waals surface area (Å²) in [4.78, 5) is 0. The van der Waals surface area contributed by atoms with Gasteiger partial charge in [-0.05, 0) is 76.9 Å². The fourth-order valence-electron chi connectivity index (χ4n) is 8.05. The molecule has 0 spiro atoms. The maximum absolute atomic E-state index is 9.80. The molecule has 0 bridgehead atoms. The van der Waals surface area contributed by atoms with Crippen molar-refractivity contribution in [1.82, 2.24) is 9.13 Å². The SMILES string of the molecule is N#Cc1ccc2c(c1)c1ccccc1n2-c1cc(-c2ccccc2)cc(-c2cccc(-c3ccccc3)c2-n2c3ccccc3c3ccccc32)c1. The lowest BCUT2D eigenvalue weighted by Gasteiger charge is -2.20. The Morgan fingerprint density at radius 2 is 0.846 bits per heavy atom. The van der Waals surface area contributed by atoms with Gasteiger partial charge < -0.3 is 9.13 Å². The van der Waals surface area contributed by atoms with Gasteiger partial charge in [-0.2, -0.15) is 5.26 Å². The predicted octanol–water partition coefficient (Wildman–Crippen LogP) is 12.8. The van der Waals surface area contributed by atoms with Gasteiger partial charge in [-0.15, -0.1) is 0 Å². The van der Waals surface area contributed by atoms with Crippen LogP contribution in [0.4, 0.5) is 0 Å². The summed E-state index contributed by atoms with van der Waals surface area (Å²) < 4.78 is 4.81. The van der Waals surface area contributed by atoms with Crippen LogP contribution in [-0.4, -0.2) is 9.13 Å². The van der Waals surface area contributed by atoms with Crippen molar-refractivity contribution in [2.75, 3.05) is 0 Å². The highest BCUT2D eigenvalue weighted by Crippen LogP contribution is 2.43. The van der Waals surface area contributed by atoms with E-state index in [9.17, 15) is 5.26 Å². The van der Waals surface area contributed by atoms with E-state index in [0.717, 1.165) is 66.6 Å². The van der Waals surface area contributed by atoms with E-state index < -0.39 is 0 Å². The molecular formula is C49H31N3. The molecule has 242 valence electrons. The van der Waals surface area contributed by atoms with Crippen LogP contribution in [0.25, 0.3) is 88.4 Å². The van der Waals surface area contributed by atoms with Gasteiger partial charge in [0, 0.05) is 38.4 Å². The molecule has 0 saturated heterocycles. The number of nitriles is 1. The molecule has 10 aromatic rings. The standard InChI is InChI=1S/C49H31N3/c50-32-33-26-27-48-44(28-33)43-20-9-10-23-45(43)51(48)38-30-36(34-14-3-1-4-15-34)29-37(31-38)40-22-13-21-39(35-16-5-2-6-17-35)49(40)52-46-24-11-7-18-41(46)42-19-8-12-25-47(42)52/h1-31H. The van der Waals surface area contributed by atoms with Crippen molar-refractivity contribution >= 4 is 43.6 Å². The highest BCUT2D eigenvalue weighted by Gasteiger charge is 2.21. The van der Waals surface area contributed by atoms with E-state index in [1.807, 2.05) is 12.1 Å². The summed E-state index contributed by atoms with van der Waals surface area (Å²) in [6, 6.07) is 69.3. The van der Waals surface area contributed by atoms with Gasteiger partial charge in [0.15, 0.2) is 0 Å². The van der Waals surface area contributed by atoms with Crippen LogP contribution in [0.1, 0.15) is 5.56 Å². The second-order valence-corrected chi connectivity index (χ2v) is 13.3. The minimum Gasteiger partial charge on any atom is -0.309 e. The number of hydrogen-bond donors (Lipinski definition) is 0. The van der Waals surface area contributed by atoms with E-state index >= 15 is 0 Å². The zero-order chi connectivity index (χ0) is 34.6. The smallest absolute Gasteiger partial charge is 0.0991 e. The molecule has 0 amide bonds. The van der Waals surface area contributed by atoms with E-state index in [-0.39, 0.29) is 0 Å². The minimum absolute atomic E-state index is 0.655. The van der Waals surface area contributed by atoms with E-state index in [4.69, 9.17) is 0 Å². The fraction of sp³-hybridized carbons (Fsp3) is 0. The van der Waals surface area contributed by atoms with Gasteiger partial charge in [0.25, 0.3) is 0 Å². The van der Waals surface area contributed by atoms with E-state index in [1.165, 1.54) is 21.8 Å². The Hall–Kier alpha value is -7.15. The number of rotatable bonds is 5. The topological polar surface area (TPSA) is 33.6 Å². The number of fused-ring (bicyclic) bond motifs is 6. The van der Waals surface area contributed by atoms with Crippen LogP contribution in [0, 0.1) is 11.3 Å². The average molecular weight is 662 g/mol. The Bertz CT molecular complexity index is 2960. The fourth-order valence-corrected chi connectivity index (χ4v) is 8.05. The summed E-state index contributed by atoms with van der Waals surface area (Å²) in [5, 5.41) is 14.5. The molecule has 0 aliphatic carbocycles. The number of para-hydroxylation sites is 4. The third-order valence-corrected chi connectivity index (χ3v) is 10.3. The van der Waals surface area contributed by atoms with E-state index in [2.05, 4.69) is 191 Å². The molecule has 0 aliphatic rings. The summed E-state index contributed by atoms with van der Waals surface area (Å²) in [5.41, 5.74) is 14.2. The van der Waals surface area contributed by atoms with Crippen molar-refractivity contribution in [3.05, 3.63) is 194 Å². The van der Waals surface area contributed by atoms with Crippen molar-refractivity contribution in [3.63, 3.8) is 0 Å². The first-order valence-corrected chi connectivity index (χ1v) is 17.6. The molecule has 3 nitrogen and oxygen atoms in total. The monoisotopic (exact) mass is 661 g/mol. The summed E-state index contributed by atoms with van der Waals surface area (Å²) in [5.74, 6) is 0. The van der Waals surface area contributed by atoms with Crippen LogP contribution in [0.2, 0.25) is 0 Å². The minimum atomic E-state index is 0.655. The second kappa shape index (κ2) is 12.0. The third-order valence-electron chi connectivity index (χ3n) is 10.3. The molecule has 0 radical (unpaired) electrons. The number of benzene rings is 8. The van der Waals surface area contributed by atoms with Crippen molar-refractivity contribution in [3.8, 4) is 50.8 Å². The summed E-state index contributed by atoms with van der Waals surface area (Å²) >= 11 is 0. The van der Waals surface area contributed by atoms with Gasteiger partial charge in [-0.3, -0.25) is 0 Å². The molecule has 0 fully saturated rings. The molecule has 2 aromatic heterocycles. The Balaban J connectivity index is 1.34. The summed E-state index contributed by atoms with van der Waals surface area (Å²) in [7, 11) is 0. The van der Waals surface area contributed by atoms with Crippen LogP contribution in [0.15, 0.2) is 188 Å². The van der Waals surface area contributed by atoms with Crippen LogP contribution in [0.3, 0.4) is 0 Å². The molecule has 10 rings (SSSR count). The van der Waals surface area contributed by atoms with Crippen molar-refractivity contribution in [1.29, 1.82) is 5.26 Å². The lowest BCUT2D eigenvalue weighted by Crippen LogP contribution is -2.02. The Labute approximate surface area is 301 Å². The maximum atomic E-state index is 9.80. The third kappa shape index (κ3) is 4.66. The van der Waals surface area contributed by atoms with E-state index in [0.29, 0.717) is 5.56 Å². The van der Waals surface area contributed by atoms with Crippen LogP contribution < -0.4 is 0 Å². The van der Waals surface area contributed by atoms with Crippen LogP contribution >= 0.6 is 0 Å². The number of aromatic nitrogens is 2.